The number of ether oxygens (including phenoxy) is 5. The van der Waals surface area contributed by atoms with Crippen molar-refractivity contribution in [3.8, 4) is 5.75 Å². The molecule has 1 saturated heterocycles. The number of carbonyl (C=O) groups excluding carboxylic acids is 2. The first kappa shape index (κ1) is 44.8. The molecule has 4 rings (SSSR count). The summed E-state index contributed by atoms with van der Waals surface area (Å²) in [6.07, 6.45) is 9.68. The van der Waals surface area contributed by atoms with Gasteiger partial charge in [-0.2, -0.15) is 0 Å². The van der Waals surface area contributed by atoms with Gasteiger partial charge in [-0.25, -0.2) is 4.99 Å². The number of nitrogens with two attached hydrogens (primary N) is 1. The molecule has 57 heavy (non-hydrogen) atoms. The number of amides is 1. The predicted molar refractivity (Wildman–Crippen MR) is 222 cm³/mol. The lowest BCUT2D eigenvalue weighted by Gasteiger charge is -2.41. The van der Waals surface area contributed by atoms with E-state index in [0.29, 0.717) is 88.9 Å². The summed E-state index contributed by atoms with van der Waals surface area (Å²) in [5.74, 6) is 0.781. The van der Waals surface area contributed by atoms with Gasteiger partial charge >= 0.3 is 5.97 Å². The Hall–Kier alpha value is -4.89. The van der Waals surface area contributed by atoms with Crippen LogP contribution in [0, 0.1) is 5.41 Å². The van der Waals surface area contributed by atoms with Crippen molar-refractivity contribution >= 4 is 29.2 Å². The molecule has 2 aromatic carbocycles. The number of methoxy groups -OCH3 is 1. The lowest BCUT2D eigenvalue weighted by molar-refractivity contribution is -0.141. The minimum Gasteiger partial charge on any atom is -0.494 e. The molecule has 2 heterocycles. The molecule has 14 heteroatoms. The molecule has 0 spiro atoms. The molecule has 310 valence electrons. The fourth-order valence-electron chi connectivity index (χ4n) is 6.31. The van der Waals surface area contributed by atoms with Crippen LogP contribution in [0.3, 0.4) is 0 Å². The van der Waals surface area contributed by atoms with Gasteiger partial charge in [-0.15, -0.1) is 0 Å². The van der Waals surface area contributed by atoms with Gasteiger partial charge in [0.1, 0.15) is 11.6 Å². The zero-order chi connectivity index (χ0) is 40.7. The van der Waals surface area contributed by atoms with Crippen LogP contribution in [0.1, 0.15) is 85.8 Å². The van der Waals surface area contributed by atoms with E-state index < -0.39 is 5.54 Å². The summed E-state index contributed by atoms with van der Waals surface area (Å²) in [5.41, 5.74) is 8.85. The molecule has 0 bridgehead atoms. The number of aliphatic imine (C=N–C) groups is 1. The molecule has 0 aliphatic carbocycles. The van der Waals surface area contributed by atoms with E-state index in [1.807, 2.05) is 49.4 Å². The number of benzene rings is 2. The SMILES string of the molecule is COC(=O)CCCOCCOCCOCCCCCCOc1cccc([C@@H](C)NC(=O)c2cccc(NC3(C(N)=NC(=N)c4ccncc4)CCN(C)CC3)c2)c1. The zero-order valence-corrected chi connectivity index (χ0v) is 33.8. The Morgan fingerprint density at radius 3 is 2.21 bits per heavy atom. The largest absolute Gasteiger partial charge is 0.494 e. The first-order chi connectivity index (χ1) is 27.7. The van der Waals surface area contributed by atoms with E-state index in [2.05, 4.69) is 37.3 Å². The second-order valence-corrected chi connectivity index (χ2v) is 14.2. The minimum absolute atomic E-state index is 0.0777. The highest BCUT2D eigenvalue weighted by atomic mass is 16.5. The maximum atomic E-state index is 13.5. The van der Waals surface area contributed by atoms with Crippen molar-refractivity contribution in [1.29, 1.82) is 5.41 Å². The van der Waals surface area contributed by atoms with E-state index in [0.717, 1.165) is 55.8 Å². The van der Waals surface area contributed by atoms with Gasteiger partial charge in [0.25, 0.3) is 5.91 Å². The van der Waals surface area contributed by atoms with E-state index in [9.17, 15) is 9.59 Å². The van der Waals surface area contributed by atoms with E-state index in [4.69, 9.17) is 30.1 Å². The number of piperidine rings is 1. The number of hydrogen-bond donors (Lipinski definition) is 4. The maximum Gasteiger partial charge on any atom is 0.305 e. The summed E-state index contributed by atoms with van der Waals surface area (Å²) in [6.45, 7) is 7.47. The van der Waals surface area contributed by atoms with Crippen LogP contribution in [0.25, 0.3) is 0 Å². The summed E-state index contributed by atoms with van der Waals surface area (Å²) >= 11 is 0. The van der Waals surface area contributed by atoms with Crippen molar-refractivity contribution in [2.45, 2.75) is 69.9 Å². The molecule has 1 amide bonds. The van der Waals surface area contributed by atoms with Crippen molar-refractivity contribution in [2.75, 3.05) is 78.8 Å². The maximum absolute atomic E-state index is 13.5. The van der Waals surface area contributed by atoms with Gasteiger partial charge in [0.05, 0.1) is 51.7 Å². The van der Waals surface area contributed by atoms with E-state index in [-0.39, 0.29) is 23.8 Å². The Labute approximate surface area is 337 Å². The molecule has 14 nitrogen and oxygen atoms in total. The Balaban J connectivity index is 1.15. The number of pyridine rings is 1. The number of unbranched alkanes of at least 4 members (excludes halogenated alkanes) is 3. The molecule has 0 unspecified atom stereocenters. The van der Waals surface area contributed by atoms with E-state index >= 15 is 0 Å². The third-order valence-corrected chi connectivity index (χ3v) is 9.82. The number of nitrogens with one attached hydrogen (secondary N) is 3. The number of likely N-dealkylation sites (tertiary alicyclic amines) is 1. The summed E-state index contributed by atoms with van der Waals surface area (Å²) in [5, 5.41) is 15.3. The number of carbonyl (C=O) groups is 2. The molecule has 1 aliphatic rings. The first-order valence-corrected chi connectivity index (χ1v) is 19.9. The summed E-state index contributed by atoms with van der Waals surface area (Å²) in [7, 11) is 3.46. The number of aromatic nitrogens is 1. The van der Waals surface area contributed by atoms with Crippen LogP contribution in [-0.2, 0) is 23.7 Å². The average Bonchev–Trinajstić information content (AvgIpc) is 3.23. The normalized spacial score (nSPS) is 14.8. The van der Waals surface area contributed by atoms with Crippen LogP contribution in [0.2, 0.25) is 0 Å². The summed E-state index contributed by atoms with van der Waals surface area (Å²) in [6, 6.07) is 18.5. The van der Waals surface area contributed by atoms with Crippen LogP contribution < -0.4 is 21.1 Å². The predicted octanol–water partition coefficient (Wildman–Crippen LogP) is 5.77. The molecule has 5 N–H and O–H groups in total. The molecular weight excluding hydrogens is 727 g/mol. The molecular formula is C43H61N7O7. The standard InChI is InChI=1S/C43H61N7O7/c1-33(35-11-9-14-38(32-35)57-26-7-5-4-6-24-54-27-29-56-30-28-55-25-10-15-39(51)53-3)47-41(52)36-12-8-13-37(31-36)49-43(18-22-50(2)23-19-43)42(45)48-40(44)34-16-20-46-21-17-34/h8-9,11-14,16-17,20-21,31-33,49H,4-7,10,15,18-19,22-30H2,1-3H3,(H,47,52)(H3,44,45,48)/t33-/m1/s1. The highest BCUT2D eigenvalue weighted by Gasteiger charge is 2.38. The Morgan fingerprint density at radius 2 is 1.51 bits per heavy atom. The second kappa shape index (κ2) is 24.7. The number of esters is 1. The molecule has 3 aromatic rings. The van der Waals surface area contributed by atoms with E-state index in [1.54, 1.807) is 30.6 Å². The molecule has 1 aromatic heterocycles. The lowest BCUT2D eigenvalue weighted by Crippen LogP contribution is -2.56. The highest BCUT2D eigenvalue weighted by Crippen LogP contribution is 2.28. The van der Waals surface area contributed by atoms with Crippen molar-refractivity contribution in [2.24, 2.45) is 10.7 Å². The van der Waals surface area contributed by atoms with Crippen LogP contribution in [0.4, 0.5) is 5.69 Å². The fourth-order valence-corrected chi connectivity index (χ4v) is 6.31. The van der Waals surface area contributed by atoms with Gasteiger partial charge < -0.3 is 45.0 Å². The Morgan fingerprint density at radius 1 is 0.860 bits per heavy atom. The van der Waals surface area contributed by atoms with Gasteiger partial charge in [-0.05, 0) is 101 Å². The minimum atomic E-state index is -0.674. The molecule has 1 fully saturated rings. The highest BCUT2D eigenvalue weighted by molar-refractivity contribution is 6.07. The quantitative estimate of drug-likeness (QED) is 0.0354. The van der Waals surface area contributed by atoms with Crippen LogP contribution >= 0.6 is 0 Å². The third kappa shape index (κ3) is 15.9. The lowest BCUT2D eigenvalue weighted by atomic mass is 9.85. The van der Waals surface area contributed by atoms with E-state index in [1.165, 1.54) is 7.11 Å². The Bertz CT molecular complexity index is 1700. The topological polar surface area (TPSA) is 183 Å². The van der Waals surface area contributed by atoms with Crippen molar-refractivity contribution in [3.63, 3.8) is 0 Å². The summed E-state index contributed by atoms with van der Waals surface area (Å²) < 4.78 is 27.2. The molecule has 1 aliphatic heterocycles. The number of nitrogens with zero attached hydrogens (tertiary/aromatic N) is 3. The summed E-state index contributed by atoms with van der Waals surface area (Å²) in [4.78, 5) is 35.3. The van der Waals surface area contributed by atoms with Gasteiger partial charge in [0.2, 0.25) is 0 Å². The number of anilines is 1. The molecule has 0 saturated carbocycles. The number of rotatable bonds is 25. The van der Waals surface area contributed by atoms with Crippen LogP contribution in [0.15, 0.2) is 78.0 Å². The van der Waals surface area contributed by atoms with Crippen LogP contribution in [0.5, 0.6) is 5.75 Å². The first-order valence-electron chi connectivity index (χ1n) is 19.9. The van der Waals surface area contributed by atoms with Gasteiger partial charge in [-0.3, -0.25) is 20.0 Å². The second-order valence-electron chi connectivity index (χ2n) is 14.2. The van der Waals surface area contributed by atoms with Gasteiger partial charge in [0, 0.05) is 61.9 Å². The van der Waals surface area contributed by atoms with Crippen LogP contribution in [-0.4, -0.2) is 112 Å². The molecule has 0 radical (unpaired) electrons. The van der Waals surface area contributed by atoms with Crippen molar-refractivity contribution in [3.05, 3.63) is 89.7 Å². The number of hydrogen-bond acceptors (Lipinski definition) is 11. The smallest absolute Gasteiger partial charge is 0.305 e. The third-order valence-electron chi connectivity index (χ3n) is 9.82. The van der Waals surface area contributed by atoms with Crippen molar-refractivity contribution < 1.29 is 33.3 Å². The number of amidine groups is 2. The monoisotopic (exact) mass is 787 g/mol. The molecule has 1 atom stereocenters. The van der Waals surface area contributed by atoms with Gasteiger partial charge in [0.15, 0.2) is 5.84 Å². The van der Waals surface area contributed by atoms with Crippen molar-refractivity contribution in [1.82, 2.24) is 15.2 Å². The Kier molecular flexibility index (Phi) is 19.4. The van der Waals surface area contributed by atoms with Gasteiger partial charge in [-0.1, -0.05) is 24.6 Å². The fraction of sp³-hybridized carbons (Fsp3) is 0.512. The average molecular weight is 788 g/mol. The zero-order valence-electron chi connectivity index (χ0n) is 33.8.